The molecule has 2 N–H and O–H groups in total. The number of alkyl halides is 3. The van der Waals surface area contributed by atoms with Gasteiger partial charge in [0.2, 0.25) is 0 Å². The molecular weight excluding hydrogens is 552 g/mol. The molecule has 8 nitrogen and oxygen atoms in total. The lowest BCUT2D eigenvalue weighted by Gasteiger charge is -2.17. The van der Waals surface area contributed by atoms with Crippen LogP contribution in [0.25, 0.3) is 0 Å². The van der Waals surface area contributed by atoms with Crippen molar-refractivity contribution in [3.05, 3.63) is 62.9 Å². The molecule has 0 saturated heterocycles. The summed E-state index contributed by atoms with van der Waals surface area (Å²) >= 11 is 11.7. The smallest absolute Gasteiger partial charge is 0.277 e. The molecule has 0 radical (unpaired) electrons. The van der Waals surface area contributed by atoms with E-state index >= 15 is 0 Å². The van der Waals surface area contributed by atoms with Crippen LogP contribution in [0.4, 0.5) is 24.5 Å². The van der Waals surface area contributed by atoms with Gasteiger partial charge < -0.3 is 0 Å². The van der Waals surface area contributed by atoms with E-state index in [2.05, 4.69) is 14.5 Å². The van der Waals surface area contributed by atoms with E-state index in [1.807, 2.05) is 0 Å². The van der Waals surface area contributed by atoms with Gasteiger partial charge in [-0.15, -0.1) is 0 Å². The van der Waals surface area contributed by atoms with E-state index in [-0.39, 0.29) is 27.0 Å². The molecule has 0 atom stereocenters. The zero-order valence-corrected chi connectivity index (χ0v) is 21.8. The highest BCUT2D eigenvalue weighted by Crippen LogP contribution is 2.37. The second-order valence-electron chi connectivity index (χ2n) is 7.62. The molecule has 15 heteroatoms. The molecule has 2 aromatic carbocycles. The summed E-state index contributed by atoms with van der Waals surface area (Å²) in [5.41, 5.74) is -0.907. The molecule has 1 aromatic heterocycles. The molecule has 35 heavy (non-hydrogen) atoms. The van der Waals surface area contributed by atoms with Crippen molar-refractivity contribution in [2.45, 2.75) is 36.7 Å². The number of halogens is 5. The van der Waals surface area contributed by atoms with Gasteiger partial charge in [0.25, 0.3) is 20.0 Å². The van der Waals surface area contributed by atoms with Gasteiger partial charge >= 0.3 is 6.18 Å². The predicted molar refractivity (Wildman–Crippen MR) is 127 cm³/mol. The lowest BCUT2D eigenvalue weighted by molar-refractivity contribution is -0.137. The fourth-order valence-corrected chi connectivity index (χ4v) is 6.28. The van der Waals surface area contributed by atoms with Crippen LogP contribution in [0.3, 0.4) is 0 Å². The van der Waals surface area contributed by atoms with Crippen molar-refractivity contribution in [3.8, 4) is 0 Å². The molecule has 0 saturated carbocycles. The van der Waals surface area contributed by atoms with Crippen molar-refractivity contribution in [1.82, 2.24) is 9.78 Å². The Hall–Kier alpha value is -2.48. The number of sulfonamides is 2. The number of hydrogen-bond donors (Lipinski definition) is 2. The first-order valence-corrected chi connectivity index (χ1v) is 13.4. The largest absolute Gasteiger partial charge is 0.417 e. The maximum absolute atomic E-state index is 13.2. The third-order valence-corrected chi connectivity index (χ3v) is 8.77. The lowest BCUT2D eigenvalue weighted by atomic mass is 10.2. The Kier molecular flexibility index (Phi) is 7.12. The number of benzene rings is 2. The minimum absolute atomic E-state index is 0.113. The Morgan fingerprint density at radius 2 is 1.46 bits per heavy atom. The maximum Gasteiger partial charge on any atom is 0.417 e. The Morgan fingerprint density at radius 1 is 0.886 bits per heavy atom. The van der Waals surface area contributed by atoms with Crippen LogP contribution in [0, 0.1) is 20.8 Å². The molecule has 0 aliphatic rings. The first-order valence-electron chi connectivity index (χ1n) is 9.67. The summed E-state index contributed by atoms with van der Waals surface area (Å²) < 4.78 is 97.6. The molecule has 3 rings (SSSR count). The monoisotopic (exact) mass is 570 g/mol. The summed E-state index contributed by atoms with van der Waals surface area (Å²) in [4.78, 5) is -0.840. The molecule has 3 aromatic rings. The number of nitrogens with one attached hydrogen (secondary N) is 2. The first kappa shape index (κ1) is 27.1. The van der Waals surface area contributed by atoms with E-state index in [9.17, 15) is 30.0 Å². The van der Waals surface area contributed by atoms with E-state index in [4.69, 9.17) is 23.2 Å². The van der Waals surface area contributed by atoms with E-state index < -0.39 is 41.7 Å². The second-order valence-corrected chi connectivity index (χ2v) is 11.7. The predicted octanol–water partition coefficient (Wildman–Crippen LogP) is 5.27. The Labute approximate surface area is 210 Å². The minimum Gasteiger partial charge on any atom is -0.277 e. The van der Waals surface area contributed by atoms with Gasteiger partial charge in [0.1, 0.15) is 4.90 Å². The number of aryl methyl sites for hydroxylation is 3. The van der Waals surface area contributed by atoms with Crippen LogP contribution in [0.2, 0.25) is 10.0 Å². The Bertz CT molecular complexity index is 1540. The summed E-state index contributed by atoms with van der Waals surface area (Å²) in [6.45, 7) is 4.57. The zero-order chi connectivity index (χ0) is 26.5. The quantitative estimate of drug-likeness (QED) is 0.419. The normalized spacial score (nSPS) is 12.6. The van der Waals surface area contributed by atoms with Gasteiger partial charge in [-0.3, -0.25) is 14.1 Å². The number of anilines is 2. The van der Waals surface area contributed by atoms with Crippen molar-refractivity contribution in [2.75, 3.05) is 9.44 Å². The molecule has 1 heterocycles. The summed E-state index contributed by atoms with van der Waals surface area (Å²) in [7, 11) is -7.29. The second kappa shape index (κ2) is 9.19. The van der Waals surface area contributed by atoms with Crippen LogP contribution in [-0.2, 0) is 33.3 Å². The third kappa shape index (κ3) is 5.52. The van der Waals surface area contributed by atoms with Crippen molar-refractivity contribution >= 4 is 54.6 Å². The van der Waals surface area contributed by atoms with Gasteiger partial charge in [-0.1, -0.05) is 23.2 Å². The molecule has 190 valence electrons. The minimum atomic E-state index is -4.89. The number of nitrogens with zero attached hydrogens (tertiary/aromatic N) is 2. The molecule has 0 amide bonds. The van der Waals surface area contributed by atoms with E-state index in [1.165, 1.54) is 30.7 Å². The van der Waals surface area contributed by atoms with Crippen molar-refractivity contribution in [2.24, 2.45) is 7.05 Å². The maximum atomic E-state index is 13.2. The summed E-state index contributed by atoms with van der Waals surface area (Å²) in [6.07, 6.45) is -4.89. The van der Waals surface area contributed by atoms with Crippen molar-refractivity contribution in [1.29, 1.82) is 0 Å². The van der Waals surface area contributed by atoms with Crippen LogP contribution in [0.15, 0.2) is 40.1 Å². The van der Waals surface area contributed by atoms with Crippen LogP contribution >= 0.6 is 23.2 Å². The van der Waals surface area contributed by atoms with Crippen molar-refractivity contribution in [3.63, 3.8) is 0 Å². The summed E-state index contributed by atoms with van der Waals surface area (Å²) in [5, 5.41) is 3.51. The van der Waals surface area contributed by atoms with Crippen LogP contribution in [-0.4, -0.2) is 26.6 Å². The highest BCUT2D eigenvalue weighted by Gasteiger charge is 2.35. The van der Waals surface area contributed by atoms with E-state index in [0.717, 1.165) is 12.1 Å². The number of aromatic nitrogens is 2. The Morgan fingerprint density at radius 3 is 2.00 bits per heavy atom. The Balaban J connectivity index is 2.08. The molecule has 0 spiro atoms. The average Bonchev–Trinajstić information content (AvgIpc) is 2.96. The fraction of sp³-hybridized carbons (Fsp3) is 0.250. The lowest BCUT2D eigenvalue weighted by Crippen LogP contribution is -2.19. The number of rotatable bonds is 6. The molecule has 0 fully saturated rings. The molecule has 0 unspecified atom stereocenters. The third-order valence-electron chi connectivity index (χ3n) is 5.05. The highest BCUT2D eigenvalue weighted by atomic mass is 35.5. The van der Waals surface area contributed by atoms with E-state index in [1.54, 1.807) is 14.0 Å². The van der Waals surface area contributed by atoms with Gasteiger partial charge in [0.05, 0.1) is 38.2 Å². The molecular formula is C20H19Cl2F3N4O4S2. The van der Waals surface area contributed by atoms with E-state index in [0.29, 0.717) is 17.3 Å². The fourth-order valence-electron chi connectivity index (χ4n) is 3.28. The van der Waals surface area contributed by atoms with Crippen LogP contribution in [0.1, 0.15) is 22.5 Å². The number of hydrogen-bond acceptors (Lipinski definition) is 5. The van der Waals surface area contributed by atoms with Crippen molar-refractivity contribution < 1.29 is 30.0 Å². The van der Waals surface area contributed by atoms with Gasteiger partial charge in [0, 0.05) is 12.1 Å². The zero-order valence-electron chi connectivity index (χ0n) is 18.6. The van der Waals surface area contributed by atoms with Gasteiger partial charge in [0.15, 0.2) is 0 Å². The summed E-state index contributed by atoms with van der Waals surface area (Å²) in [5.74, 6) is 0. The summed E-state index contributed by atoms with van der Waals surface area (Å²) in [6, 6.07) is 4.54. The van der Waals surface area contributed by atoms with Crippen LogP contribution in [0.5, 0.6) is 0 Å². The topological polar surface area (TPSA) is 110 Å². The standard InChI is InChI=1S/C20H19Cl2F3N4O4S2/c1-10-7-17(27-34(30,31)13-5-6-15(21)14(8-13)20(23,24)25)18(9-16(10)22)28-35(32,33)19-11(2)26-29(4)12(19)3/h5-9,27-28H,1-4H3. The average molecular weight is 571 g/mol. The molecule has 0 aliphatic carbocycles. The molecule has 0 aliphatic heterocycles. The molecule has 0 bridgehead atoms. The first-order chi connectivity index (χ1) is 15.9. The van der Waals surface area contributed by atoms with Gasteiger partial charge in [-0.05, 0) is 56.7 Å². The van der Waals surface area contributed by atoms with Gasteiger partial charge in [-0.2, -0.15) is 18.3 Å². The SMILES string of the molecule is Cc1cc(NS(=O)(=O)c2ccc(Cl)c(C(F)(F)F)c2)c(NS(=O)(=O)c2c(C)nn(C)c2C)cc1Cl. The van der Waals surface area contributed by atoms with Gasteiger partial charge in [-0.25, -0.2) is 16.8 Å². The highest BCUT2D eigenvalue weighted by molar-refractivity contribution is 7.93. The van der Waals surface area contributed by atoms with Crippen LogP contribution < -0.4 is 9.44 Å².